The van der Waals surface area contributed by atoms with Crippen LogP contribution in [0.1, 0.15) is 24.8 Å². The van der Waals surface area contributed by atoms with Gasteiger partial charge in [0.25, 0.3) is 0 Å². The number of methoxy groups -OCH3 is 1. The number of hydrogen-bond acceptors (Lipinski definition) is 5. The second-order valence-corrected chi connectivity index (χ2v) is 6.13. The Labute approximate surface area is 143 Å². The molecule has 0 bridgehead atoms. The zero-order valence-electron chi connectivity index (χ0n) is 14.8. The molecule has 1 aliphatic rings. The molecule has 6 nitrogen and oxygen atoms in total. The van der Waals surface area contributed by atoms with E-state index in [0.29, 0.717) is 18.0 Å². The van der Waals surface area contributed by atoms with Gasteiger partial charge in [-0.15, -0.1) is 0 Å². The van der Waals surface area contributed by atoms with Crippen molar-refractivity contribution in [3.63, 3.8) is 0 Å². The van der Waals surface area contributed by atoms with E-state index in [1.54, 1.807) is 13.2 Å². The molecule has 0 spiro atoms. The summed E-state index contributed by atoms with van der Waals surface area (Å²) in [6.07, 6.45) is 4.72. The van der Waals surface area contributed by atoms with Crippen LogP contribution in [0.2, 0.25) is 0 Å². The first kappa shape index (κ1) is 18.3. The Hall–Kier alpha value is -2.05. The number of hydrogen-bond donors (Lipinski definition) is 2. The third-order valence-corrected chi connectivity index (χ3v) is 4.32. The molecule has 1 aliphatic carbocycles. The fourth-order valence-corrected chi connectivity index (χ4v) is 3.04. The summed E-state index contributed by atoms with van der Waals surface area (Å²) in [6.45, 7) is 2.34. The average Bonchev–Trinajstić information content (AvgIpc) is 2.55. The molecule has 0 saturated heterocycles. The second-order valence-electron chi connectivity index (χ2n) is 6.13. The fourth-order valence-electron chi connectivity index (χ4n) is 3.04. The number of nitrogens with zero attached hydrogens (tertiary/aromatic N) is 1. The maximum atomic E-state index is 11.6. The minimum absolute atomic E-state index is 0.00938. The third-order valence-electron chi connectivity index (χ3n) is 4.32. The molecule has 1 unspecified atom stereocenters. The van der Waals surface area contributed by atoms with Crippen LogP contribution in [0, 0.1) is 0 Å². The Morgan fingerprint density at radius 3 is 2.75 bits per heavy atom. The number of amides is 1. The smallest absolute Gasteiger partial charge is 0.412 e. The van der Waals surface area contributed by atoms with E-state index in [1.807, 2.05) is 33.2 Å². The largest absolute Gasteiger partial charge is 0.493 e. The highest BCUT2D eigenvalue weighted by Crippen LogP contribution is 2.35. The molecular weight excluding hydrogens is 306 g/mol. The van der Waals surface area contributed by atoms with Gasteiger partial charge in [-0.25, -0.2) is 4.79 Å². The van der Waals surface area contributed by atoms with Crippen LogP contribution in [0.5, 0.6) is 11.5 Å². The molecule has 0 heterocycles. The molecule has 1 aromatic carbocycles. The zero-order valence-corrected chi connectivity index (χ0v) is 14.8. The molecule has 6 heteroatoms. The predicted molar refractivity (Wildman–Crippen MR) is 94.6 cm³/mol. The number of rotatable bonds is 5. The molecule has 0 saturated carbocycles. The van der Waals surface area contributed by atoms with E-state index in [1.165, 1.54) is 0 Å². The van der Waals surface area contributed by atoms with E-state index < -0.39 is 6.09 Å². The molecule has 0 fully saturated rings. The van der Waals surface area contributed by atoms with Gasteiger partial charge in [-0.2, -0.15) is 0 Å². The maximum Gasteiger partial charge on any atom is 0.412 e. The number of nitrogens with two attached hydrogens (primary N) is 1. The van der Waals surface area contributed by atoms with Gasteiger partial charge in [0.05, 0.1) is 7.11 Å². The minimum atomic E-state index is -0.492. The van der Waals surface area contributed by atoms with Gasteiger partial charge < -0.3 is 25.4 Å². The lowest BCUT2D eigenvalue weighted by Gasteiger charge is -2.36. The monoisotopic (exact) mass is 333 g/mol. The molecule has 2 rings (SSSR count). The first-order valence-corrected chi connectivity index (χ1v) is 8.20. The summed E-state index contributed by atoms with van der Waals surface area (Å²) in [5, 5.41) is 2.60. The topological polar surface area (TPSA) is 76.8 Å². The summed E-state index contributed by atoms with van der Waals surface area (Å²) in [6, 6.07) is 5.81. The van der Waals surface area contributed by atoms with E-state index in [-0.39, 0.29) is 18.0 Å². The molecule has 0 radical (unpaired) electrons. The van der Waals surface area contributed by atoms with Gasteiger partial charge >= 0.3 is 6.09 Å². The SMILES string of the molecule is CCNC(=O)Oc1ccc([C@@H]2CC=C[C@H](N(C)C)C2N)cc1OC. The molecule has 132 valence electrons. The summed E-state index contributed by atoms with van der Waals surface area (Å²) in [5.74, 6) is 1.12. The van der Waals surface area contributed by atoms with E-state index in [2.05, 4.69) is 22.4 Å². The van der Waals surface area contributed by atoms with E-state index >= 15 is 0 Å². The summed E-state index contributed by atoms with van der Waals surface area (Å²) < 4.78 is 10.7. The highest BCUT2D eigenvalue weighted by molar-refractivity contribution is 5.71. The normalized spacial score (nSPS) is 23.2. The summed E-state index contributed by atoms with van der Waals surface area (Å²) in [7, 11) is 5.62. The summed E-state index contributed by atoms with van der Waals surface area (Å²) in [4.78, 5) is 13.7. The first-order valence-electron chi connectivity index (χ1n) is 8.20. The molecule has 3 N–H and O–H groups in total. The number of carbonyl (C=O) groups excluding carboxylic acids is 1. The van der Waals surface area contributed by atoms with E-state index in [4.69, 9.17) is 15.2 Å². The average molecular weight is 333 g/mol. The van der Waals surface area contributed by atoms with Gasteiger partial charge in [0.15, 0.2) is 11.5 Å². The number of allylic oxidation sites excluding steroid dienone is 1. The number of likely N-dealkylation sites (N-methyl/N-ethyl adjacent to an activating group) is 1. The molecule has 24 heavy (non-hydrogen) atoms. The number of benzene rings is 1. The van der Waals surface area contributed by atoms with Crippen LogP contribution in [-0.2, 0) is 0 Å². The van der Waals surface area contributed by atoms with Crippen LogP contribution >= 0.6 is 0 Å². The van der Waals surface area contributed by atoms with Gasteiger partial charge in [-0.05, 0) is 45.1 Å². The lowest BCUT2D eigenvalue weighted by atomic mass is 9.81. The van der Waals surface area contributed by atoms with Crippen LogP contribution in [0.25, 0.3) is 0 Å². The van der Waals surface area contributed by atoms with Gasteiger partial charge in [0.1, 0.15) is 0 Å². The van der Waals surface area contributed by atoms with Gasteiger partial charge in [0.2, 0.25) is 0 Å². The van der Waals surface area contributed by atoms with Crippen molar-refractivity contribution in [2.45, 2.75) is 31.3 Å². The highest BCUT2D eigenvalue weighted by Gasteiger charge is 2.30. The molecule has 1 aromatic rings. The van der Waals surface area contributed by atoms with Crippen molar-refractivity contribution >= 4 is 6.09 Å². The van der Waals surface area contributed by atoms with Crippen molar-refractivity contribution < 1.29 is 14.3 Å². The maximum absolute atomic E-state index is 11.6. The quantitative estimate of drug-likeness (QED) is 0.807. The Kier molecular flexibility index (Phi) is 6.23. The minimum Gasteiger partial charge on any atom is -0.493 e. The van der Waals surface area contributed by atoms with Crippen LogP contribution < -0.4 is 20.5 Å². The first-order chi connectivity index (χ1) is 11.5. The highest BCUT2D eigenvalue weighted by atomic mass is 16.6. The van der Waals surface area contributed by atoms with Crippen molar-refractivity contribution in [3.8, 4) is 11.5 Å². The van der Waals surface area contributed by atoms with Crippen molar-refractivity contribution in [1.29, 1.82) is 0 Å². The van der Waals surface area contributed by atoms with Crippen molar-refractivity contribution in [3.05, 3.63) is 35.9 Å². The lowest BCUT2D eigenvalue weighted by Crippen LogP contribution is -2.48. The van der Waals surface area contributed by atoms with Gasteiger partial charge in [0, 0.05) is 24.5 Å². The molecule has 0 aliphatic heterocycles. The zero-order chi connectivity index (χ0) is 17.7. The standard InChI is InChI=1S/C18H27N3O3/c1-5-20-18(22)24-15-10-9-12(11-16(15)23-4)13-7-6-8-14(17(13)19)21(2)3/h6,8-11,13-14,17H,5,7,19H2,1-4H3,(H,20,22)/t13-,14-,17?/m0/s1. The van der Waals surface area contributed by atoms with Crippen molar-refractivity contribution in [1.82, 2.24) is 10.2 Å². The van der Waals surface area contributed by atoms with Gasteiger partial charge in [-0.3, -0.25) is 0 Å². The number of nitrogens with one attached hydrogen (secondary N) is 1. The van der Waals surface area contributed by atoms with E-state index in [0.717, 1.165) is 12.0 Å². The van der Waals surface area contributed by atoms with Gasteiger partial charge in [-0.1, -0.05) is 18.2 Å². The van der Waals surface area contributed by atoms with Crippen molar-refractivity contribution in [2.24, 2.45) is 5.73 Å². The predicted octanol–water partition coefficient (Wildman–Crippen LogP) is 2.10. The Bertz CT molecular complexity index is 601. The Balaban J connectivity index is 2.23. The third kappa shape index (κ3) is 4.07. The van der Waals surface area contributed by atoms with Crippen LogP contribution in [0.15, 0.2) is 30.4 Å². The van der Waals surface area contributed by atoms with E-state index in [9.17, 15) is 4.79 Å². The van der Waals surface area contributed by atoms with Crippen LogP contribution in [0.3, 0.4) is 0 Å². The van der Waals surface area contributed by atoms with Crippen LogP contribution in [-0.4, -0.2) is 50.8 Å². The molecule has 0 aromatic heterocycles. The Morgan fingerprint density at radius 1 is 1.38 bits per heavy atom. The molecular formula is C18H27N3O3. The molecule has 1 amide bonds. The second kappa shape index (κ2) is 8.17. The summed E-state index contributed by atoms with van der Waals surface area (Å²) >= 11 is 0. The van der Waals surface area contributed by atoms with Crippen LogP contribution in [0.4, 0.5) is 4.79 Å². The molecule has 3 atom stereocenters. The number of ether oxygens (including phenoxy) is 2. The number of carbonyl (C=O) groups is 1. The van der Waals surface area contributed by atoms with Crippen molar-refractivity contribution in [2.75, 3.05) is 27.7 Å². The lowest BCUT2D eigenvalue weighted by molar-refractivity contribution is 0.199. The fraction of sp³-hybridized carbons (Fsp3) is 0.500. The summed E-state index contributed by atoms with van der Waals surface area (Å²) in [5.41, 5.74) is 7.56. The Morgan fingerprint density at radius 2 is 2.12 bits per heavy atom.